The largest absolute Gasteiger partial charge is 0.302 e. The fourth-order valence-electron chi connectivity index (χ4n) is 3.36. The summed E-state index contributed by atoms with van der Waals surface area (Å²) in [7, 11) is -3.52. The Hall–Kier alpha value is -2.93. The third kappa shape index (κ3) is 3.45. The summed E-state index contributed by atoms with van der Waals surface area (Å²) in [6.07, 6.45) is 1.64. The first kappa shape index (κ1) is 19.8. The van der Waals surface area contributed by atoms with E-state index >= 15 is 0 Å². The molecule has 0 unspecified atom stereocenters. The van der Waals surface area contributed by atoms with Gasteiger partial charge in [-0.2, -0.15) is 0 Å². The van der Waals surface area contributed by atoms with Gasteiger partial charge in [-0.1, -0.05) is 36.8 Å². The van der Waals surface area contributed by atoms with Crippen LogP contribution in [0.25, 0.3) is 11.1 Å². The summed E-state index contributed by atoms with van der Waals surface area (Å²) in [6, 6.07) is 10.4. The number of carbonyl (C=O) groups excluding carboxylic acids is 1. The minimum Gasteiger partial charge on any atom is -0.302 e. The molecule has 2 N–H and O–H groups in total. The predicted molar refractivity (Wildman–Crippen MR) is 109 cm³/mol. The van der Waals surface area contributed by atoms with Crippen molar-refractivity contribution >= 4 is 15.6 Å². The van der Waals surface area contributed by atoms with Crippen LogP contribution in [0.2, 0.25) is 0 Å². The highest BCUT2D eigenvalue weighted by molar-refractivity contribution is 7.90. The van der Waals surface area contributed by atoms with E-state index in [9.17, 15) is 18.0 Å². The predicted octanol–water partition coefficient (Wildman–Crippen LogP) is 3.18. The number of hydrogen-bond donors (Lipinski definition) is 2. The van der Waals surface area contributed by atoms with Crippen molar-refractivity contribution in [2.75, 3.05) is 6.26 Å². The lowest BCUT2D eigenvalue weighted by Crippen LogP contribution is -2.17. The van der Waals surface area contributed by atoms with Gasteiger partial charge in [-0.15, -0.1) is 0 Å². The first-order chi connectivity index (χ1) is 13.1. The van der Waals surface area contributed by atoms with Gasteiger partial charge in [0.15, 0.2) is 9.84 Å². The molecule has 0 radical (unpaired) electrons. The molecule has 0 spiro atoms. The van der Waals surface area contributed by atoms with Gasteiger partial charge in [-0.3, -0.25) is 14.7 Å². The molecule has 0 aliphatic heterocycles. The van der Waals surface area contributed by atoms with Crippen LogP contribution in [0.1, 0.15) is 39.7 Å². The van der Waals surface area contributed by atoms with E-state index in [0.717, 1.165) is 11.8 Å². The molecule has 0 aliphatic carbocycles. The van der Waals surface area contributed by atoms with Gasteiger partial charge in [0.2, 0.25) is 5.78 Å². The Morgan fingerprint density at radius 1 is 1.00 bits per heavy atom. The second-order valence-electron chi connectivity index (χ2n) is 6.86. The van der Waals surface area contributed by atoms with Crippen LogP contribution in [0.4, 0.5) is 0 Å². The van der Waals surface area contributed by atoms with Gasteiger partial charge < -0.3 is 5.10 Å². The number of ketones is 1. The molecule has 0 saturated heterocycles. The minimum absolute atomic E-state index is 0.0626. The average molecular weight is 398 g/mol. The van der Waals surface area contributed by atoms with Crippen LogP contribution in [0.15, 0.2) is 46.1 Å². The van der Waals surface area contributed by atoms with Gasteiger partial charge in [0, 0.05) is 23.1 Å². The highest BCUT2D eigenvalue weighted by Crippen LogP contribution is 2.33. The van der Waals surface area contributed by atoms with E-state index in [1.165, 1.54) is 12.1 Å². The Morgan fingerprint density at radius 2 is 1.64 bits per heavy atom. The maximum absolute atomic E-state index is 13.1. The number of sulfone groups is 1. The maximum atomic E-state index is 13.1. The molecule has 146 valence electrons. The van der Waals surface area contributed by atoms with Crippen molar-refractivity contribution < 1.29 is 13.2 Å². The molecule has 28 heavy (non-hydrogen) atoms. The standard InChI is InChI=1S/C21H22N2O4S/c1-5-16-19(21(25)23-22-16)20(24)15-10-11-17(28(4,26)27)18(13(15)3)14-8-6-12(2)7-9-14/h6-11H,5H2,1-4H3,(H2,22,23,25). The molecular formula is C21H22N2O4S. The fraction of sp³-hybridized carbons (Fsp3) is 0.238. The van der Waals surface area contributed by atoms with Gasteiger partial charge in [0.1, 0.15) is 5.56 Å². The highest BCUT2D eigenvalue weighted by Gasteiger charge is 2.25. The van der Waals surface area contributed by atoms with Gasteiger partial charge in [-0.05, 0) is 43.5 Å². The monoisotopic (exact) mass is 398 g/mol. The van der Waals surface area contributed by atoms with E-state index < -0.39 is 21.2 Å². The van der Waals surface area contributed by atoms with Gasteiger partial charge >= 0.3 is 0 Å². The van der Waals surface area contributed by atoms with Crippen molar-refractivity contribution in [3.05, 3.63) is 74.7 Å². The molecule has 6 nitrogen and oxygen atoms in total. The van der Waals surface area contributed by atoms with Crippen LogP contribution >= 0.6 is 0 Å². The summed E-state index contributed by atoms with van der Waals surface area (Å²) < 4.78 is 24.7. The molecule has 2 aromatic carbocycles. The first-order valence-electron chi connectivity index (χ1n) is 8.90. The van der Waals surface area contributed by atoms with Gasteiger partial charge in [0.05, 0.1) is 4.90 Å². The Labute approximate surface area is 163 Å². The fourth-order valence-corrected chi connectivity index (χ4v) is 4.31. The molecule has 0 aliphatic rings. The van der Waals surface area contributed by atoms with E-state index in [-0.39, 0.29) is 10.5 Å². The number of nitrogens with one attached hydrogen (secondary N) is 2. The third-order valence-electron chi connectivity index (χ3n) is 4.85. The molecule has 0 bridgehead atoms. The number of benzene rings is 2. The molecule has 3 rings (SSSR count). The Bertz CT molecular complexity index is 1220. The summed E-state index contributed by atoms with van der Waals surface area (Å²) >= 11 is 0. The topological polar surface area (TPSA) is 99.9 Å². The molecular weight excluding hydrogens is 376 g/mol. The lowest BCUT2D eigenvalue weighted by Gasteiger charge is -2.15. The van der Waals surface area contributed by atoms with E-state index in [0.29, 0.717) is 34.4 Å². The van der Waals surface area contributed by atoms with Crippen LogP contribution < -0.4 is 5.56 Å². The van der Waals surface area contributed by atoms with E-state index in [1.54, 1.807) is 6.92 Å². The summed E-state index contributed by atoms with van der Waals surface area (Å²) in [5, 5.41) is 5.18. The molecule has 1 heterocycles. The van der Waals surface area contributed by atoms with Crippen molar-refractivity contribution in [2.45, 2.75) is 32.1 Å². The maximum Gasteiger partial charge on any atom is 0.275 e. The highest BCUT2D eigenvalue weighted by atomic mass is 32.2. The zero-order chi connectivity index (χ0) is 20.6. The number of aryl methyl sites for hydroxylation is 2. The zero-order valence-electron chi connectivity index (χ0n) is 16.2. The van der Waals surface area contributed by atoms with E-state index in [1.807, 2.05) is 38.1 Å². The zero-order valence-corrected chi connectivity index (χ0v) is 17.0. The van der Waals surface area contributed by atoms with Gasteiger partial charge in [-0.25, -0.2) is 8.42 Å². The minimum atomic E-state index is -3.52. The van der Waals surface area contributed by atoms with Crippen molar-refractivity contribution in [2.24, 2.45) is 0 Å². The van der Waals surface area contributed by atoms with Crippen LogP contribution in [0.3, 0.4) is 0 Å². The second-order valence-corrected chi connectivity index (χ2v) is 8.85. The number of aromatic amines is 2. The summed E-state index contributed by atoms with van der Waals surface area (Å²) in [4.78, 5) is 25.4. The van der Waals surface area contributed by atoms with Crippen LogP contribution in [-0.2, 0) is 16.3 Å². The van der Waals surface area contributed by atoms with Crippen LogP contribution in [0, 0.1) is 13.8 Å². The van der Waals surface area contributed by atoms with Gasteiger partial charge in [0.25, 0.3) is 5.56 Å². The van der Waals surface area contributed by atoms with Crippen molar-refractivity contribution in [1.82, 2.24) is 10.2 Å². The average Bonchev–Trinajstić information content (AvgIpc) is 3.01. The summed E-state index contributed by atoms with van der Waals surface area (Å²) in [5.74, 6) is -0.426. The lowest BCUT2D eigenvalue weighted by atomic mass is 9.91. The normalized spacial score (nSPS) is 11.6. The number of hydrogen-bond acceptors (Lipinski definition) is 4. The van der Waals surface area contributed by atoms with Crippen LogP contribution in [0.5, 0.6) is 0 Å². The molecule has 1 aromatic heterocycles. The molecule has 0 saturated carbocycles. The third-order valence-corrected chi connectivity index (χ3v) is 5.99. The lowest BCUT2D eigenvalue weighted by molar-refractivity contribution is 0.103. The smallest absolute Gasteiger partial charge is 0.275 e. The number of H-pyrrole nitrogens is 2. The van der Waals surface area contributed by atoms with Crippen molar-refractivity contribution in [3.63, 3.8) is 0 Å². The quantitative estimate of drug-likeness (QED) is 0.645. The SMILES string of the molecule is CCc1[nH][nH]c(=O)c1C(=O)c1ccc(S(C)(=O)=O)c(-c2ccc(C)cc2)c1C. The Kier molecular flexibility index (Phi) is 5.12. The van der Waals surface area contributed by atoms with Crippen molar-refractivity contribution in [3.8, 4) is 11.1 Å². The van der Waals surface area contributed by atoms with E-state index in [2.05, 4.69) is 10.2 Å². The van der Waals surface area contributed by atoms with Crippen LogP contribution in [-0.4, -0.2) is 30.7 Å². The number of carbonyl (C=O) groups is 1. The second kappa shape index (κ2) is 7.24. The Balaban J connectivity index is 2.30. The van der Waals surface area contributed by atoms with Crippen molar-refractivity contribution in [1.29, 1.82) is 0 Å². The number of rotatable bonds is 5. The molecule has 0 atom stereocenters. The number of aromatic nitrogens is 2. The summed E-state index contributed by atoms with van der Waals surface area (Å²) in [6.45, 7) is 5.50. The Morgan fingerprint density at radius 3 is 2.21 bits per heavy atom. The molecule has 7 heteroatoms. The molecule has 3 aromatic rings. The van der Waals surface area contributed by atoms with E-state index in [4.69, 9.17) is 0 Å². The summed E-state index contributed by atoms with van der Waals surface area (Å²) in [5.41, 5.74) is 3.18. The molecule has 0 amide bonds. The molecule has 0 fully saturated rings. The first-order valence-corrected chi connectivity index (χ1v) is 10.8.